The van der Waals surface area contributed by atoms with Gasteiger partial charge in [-0.2, -0.15) is 0 Å². The zero-order valence-electron chi connectivity index (χ0n) is 17.3. The first-order valence-corrected chi connectivity index (χ1v) is 10.6. The van der Waals surface area contributed by atoms with Gasteiger partial charge < -0.3 is 20.4 Å². The standard InChI is InChI=1S/C20H41N5.HI/c1-4-12-24-16-9-19(10-17-24)23-20(21-3)22-11-5-6-13-25-14-7-18(2)8-15-25;/h18-19H,4-17H2,1-3H3,(H2,21,22,23);1H. The molecule has 0 saturated carbocycles. The molecule has 0 atom stereocenters. The van der Waals surface area contributed by atoms with E-state index >= 15 is 0 Å². The maximum absolute atomic E-state index is 4.40. The Morgan fingerprint density at radius 3 is 2.19 bits per heavy atom. The quantitative estimate of drug-likeness (QED) is 0.243. The molecule has 0 spiro atoms. The molecule has 2 N–H and O–H groups in total. The Labute approximate surface area is 178 Å². The van der Waals surface area contributed by atoms with E-state index in [4.69, 9.17) is 0 Å². The van der Waals surface area contributed by atoms with Crippen molar-refractivity contribution in [3.05, 3.63) is 0 Å². The second-order valence-corrected chi connectivity index (χ2v) is 7.99. The van der Waals surface area contributed by atoms with Crippen LogP contribution in [0, 0.1) is 5.92 Å². The summed E-state index contributed by atoms with van der Waals surface area (Å²) in [5.74, 6) is 1.92. The highest BCUT2D eigenvalue weighted by atomic mass is 127. The number of halogens is 1. The molecule has 0 bridgehead atoms. The van der Waals surface area contributed by atoms with Gasteiger partial charge in [0.1, 0.15) is 0 Å². The highest BCUT2D eigenvalue weighted by Gasteiger charge is 2.19. The minimum Gasteiger partial charge on any atom is -0.356 e. The first kappa shape index (κ1) is 24.0. The zero-order chi connectivity index (χ0) is 17.9. The maximum Gasteiger partial charge on any atom is 0.191 e. The van der Waals surface area contributed by atoms with Gasteiger partial charge in [0.05, 0.1) is 0 Å². The molecule has 0 aromatic heterocycles. The number of piperidine rings is 2. The van der Waals surface area contributed by atoms with Crippen molar-refractivity contribution in [2.45, 2.75) is 64.8 Å². The van der Waals surface area contributed by atoms with Crippen LogP contribution in [-0.4, -0.2) is 74.7 Å². The number of hydrogen-bond donors (Lipinski definition) is 2. The molecular weight excluding hydrogens is 437 g/mol. The van der Waals surface area contributed by atoms with Gasteiger partial charge in [-0.05, 0) is 77.0 Å². The summed E-state index contributed by atoms with van der Waals surface area (Å²) < 4.78 is 0. The molecule has 5 nitrogen and oxygen atoms in total. The van der Waals surface area contributed by atoms with Crippen LogP contribution in [0.25, 0.3) is 0 Å². The van der Waals surface area contributed by atoms with Crippen molar-refractivity contribution in [2.75, 3.05) is 52.9 Å². The number of nitrogens with zero attached hydrogens (tertiary/aromatic N) is 3. The van der Waals surface area contributed by atoms with Crippen LogP contribution in [0.15, 0.2) is 4.99 Å². The van der Waals surface area contributed by atoms with Gasteiger partial charge in [0, 0.05) is 32.7 Å². The Morgan fingerprint density at radius 1 is 0.962 bits per heavy atom. The fourth-order valence-corrected chi connectivity index (χ4v) is 3.96. The minimum absolute atomic E-state index is 0. The van der Waals surface area contributed by atoms with E-state index in [9.17, 15) is 0 Å². The lowest BCUT2D eigenvalue weighted by Gasteiger charge is -2.32. The van der Waals surface area contributed by atoms with Gasteiger partial charge in [0.25, 0.3) is 0 Å². The third-order valence-corrected chi connectivity index (χ3v) is 5.76. The number of nitrogens with one attached hydrogen (secondary N) is 2. The smallest absolute Gasteiger partial charge is 0.191 e. The van der Waals surface area contributed by atoms with E-state index in [0.717, 1.165) is 18.4 Å². The summed E-state index contributed by atoms with van der Waals surface area (Å²) in [5, 5.41) is 7.12. The summed E-state index contributed by atoms with van der Waals surface area (Å²) in [7, 11) is 1.89. The molecule has 2 saturated heterocycles. The molecule has 2 heterocycles. The van der Waals surface area contributed by atoms with Crippen LogP contribution in [0.2, 0.25) is 0 Å². The molecular formula is C20H42IN5. The fraction of sp³-hybridized carbons (Fsp3) is 0.950. The Morgan fingerprint density at radius 2 is 1.58 bits per heavy atom. The van der Waals surface area contributed by atoms with E-state index < -0.39 is 0 Å². The summed E-state index contributed by atoms with van der Waals surface area (Å²) in [6.07, 6.45) is 8.99. The van der Waals surface area contributed by atoms with Crippen LogP contribution < -0.4 is 10.6 Å². The lowest BCUT2D eigenvalue weighted by atomic mass is 9.99. The predicted octanol–water partition coefficient (Wildman–Crippen LogP) is 3.16. The van der Waals surface area contributed by atoms with Crippen LogP contribution in [0.1, 0.15) is 58.8 Å². The highest BCUT2D eigenvalue weighted by molar-refractivity contribution is 14.0. The van der Waals surface area contributed by atoms with Crippen molar-refractivity contribution in [3.63, 3.8) is 0 Å². The number of unbranched alkanes of at least 4 members (excludes halogenated alkanes) is 1. The minimum atomic E-state index is 0. The van der Waals surface area contributed by atoms with Crippen molar-refractivity contribution < 1.29 is 0 Å². The van der Waals surface area contributed by atoms with Crippen molar-refractivity contribution in [2.24, 2.45) is 10.9 Å². The largest absolute Gasteiger partial charge is 0.356 e. The Kier molecular flexibility index (Phi) is 12.9. The van der Waals surface area contributed by atoms with Crippen molar-refractivity contribution in [1.29, 1.82) is 0 Å². The van der Waals surface area contributed by atoms with Gasteiger partial charge in [-0.1, -0.05) is 13.8 Å². The van der Waals surface area contributed by atoms with E-state index in [2.05, 4.69) is 39.3 Å². The molecule has 6 heteroatoms. The van der Waals surface area contributed by atoms with Crippen LogP contribution in [0.4, 0.5) is 0 Å². The number of hydrogen-bond acceptors (Lipinski definition) is 3. The lowest BCUT2D eigenvalue weighted by Crippen LogP contribution is -2.48. The average Bonchev–Trinajstić information content (AvgIpc) is 2.63. The first-order valence-electron chi connectivity index (χ1n) is 10.6. The second-order valence-electron chi connectivity index (χ2n) is 7.99. The molecule has 154 valence electrons. The number of rotatable bonds is 8. The molecule has 2 aliphatic heterocycles. The number of guanidine groups is 1. The molecule has 0 radical (unpaired) electrons. The van der Waals surface area contributed by atoms with Gasteiger partial charge in [0.15, 0.2) is 5.96 Å². The fourth-order valence-electron chi connectivity index (χ4n) is 3.96. The summed E-state index contributed by atoms with van der Waals surface area (Å²) in [4.78, 5) is 9.62. The molecule has 0 aliphatic carbocycles. The summed E-state index contributed by atoms with van der Waals surface area (Å²) >= 11 is 0. The number of aliphatic imine (C=N–C) groups is 1. The Balaban J connectivity index is 0.00000338. The molecule has 2 rings (SSSR count). The third-order valence-electron chi connectivity index (χ3n) is 5.76. The Hall–Kier alpha value is -0.0800. The predicted molar refractivity (Wildman–Crippen MR) is 124 cm³/mol. The SMILES string of the molecule is CCCN1CCC(NC(=NC)NCCCCN2CCC(C)CC2)CC1.I. The molecule has 0 amide bonds. The van der Waals surface area contributed by atoms with E-state index in [1.807, 2.05) is 7.05 Å². The van der Waals surface area contributed by atoms with Crippen molar-refractivity contribution in [1.82, 2.24) is 20.4 Å². The van der Waals surface area contributed by atoms with Gasteiger partial charge in [-0.25, -0.2) is 0 Å². The Bertz CT molecular complexity index is 374. The molecule has 2 fully saturated rings. The summed E-state index contributed by atoms with van der Waals surface area (Å²) in [5.41, 5.74) is 0. The van der Waals surface area contributed by atoms with Gasteiger partial charge in [0.2, 0.25) is 0 Å². The van der Waals surface area contributed by atoms with Gasteiger partial charge >= 0.3 is 0 Å². The highest BCUT2D eigenvalue weighted by Crippen LogP contribution is 2.16. The monoisotopic (exact) mass is 479 g/mol. The van der Waals surface area contributed by atoms with E-state index in [1.165, 1.54) is 84.2 Å². The lowest BCUT2D eigenvalue weighted by molar-refractivity contribution is 0.189. The van der Waals surface area contributed by atoms with Crippen molar-refractivity contribution >= 4 is 29.9 Å². The van der Waals surface area contributed by atoms with Gasteiger partial charge in [-0.15, -0.1) is 24.0 Å². The van der Waals surface area contributed by atoms with Gasteiger partial charge in [-0.3, -0.25) is 4.99 Å². The zero-order valence-corrected chi connectivity index (χ0v) is 19.6. The topological polar surface area (TPSA) is 42.9 Å². The summed E-state index contributed by atoms with van der Waals surface area (Å²) in [6.45, 7) is 13.2. The molecule has 0 unspecified atom stereocenters. The molecule has 2 aliphatic rings. The third kappa shape index (κ3) is 9.22. The van der Waals surface area contributed by atoms with Crippen LogP contribution >= 0.6 is 24.0 Å². The van der Waals surface area contributed by atoms with Crippen LogP contribution in [0.5, 0.6) is 0 Å². The molecule has 0 aromatic carbocycles. The second kappa shape index (κ2) is 14.0. The number of likely N-dealkylation sites (tertiary alicyclic amines) is 2. The van der Waals surface area contributed by atoms with Crippen molar-refractivity contribution in [3.8, 4) is 0 Å². The maximum atomic E-state index is 4.40. The normalized spacial score (nSPS) is 21.4. The summed E-state index contributed by atoms with van der Waals surface area (Å²) in [6, 6.07) is 0.578. The van der Waals surface area contributed by atoms with Crippen LogP contribution in [-0.2, 0) is 0 Å². The van der Waals surface area contributed by atoms with E-state index in [0.29, 0.717) is 6.04 Å². The first-order chi connectivity index (χ1) is 12.2. The van der Waals surface area contributed by atoms with Crippen LogP contribution in [0.3, 0.4) is 0 Å². The molecule has 26 heavy (non-hydrogen) atoms. The average molecular weight is 479 g/mol. The molecule has 0 aromatic rings. The van der Waals surface area contributed by atoms with E-state index in [-0.39, 0.29) is 24.0 Å². The van der Waals surface area contributed by atoms with E-state index in [1.54, 1.807) is 0 Å².